The molecule has 0 aromatic carbocycles. The number of ether oxygens (including phenoxy) is 1. The van der Waals surface area contributed by atoms with Crippen LogP contribution in [0.1, 0.15) is 42.9 Å². The summed E-state index contributed by atoms with van der Waals surface area (Å²) in [7, 11) is 1.43. The Morgan fingerprint density at radius 1 is 1.45 bits per heavy atom. The minimum atomic E-state index is -0.362. The maximum atomic E-state index is 12.5. The number of ketones is 1. The number of rotatable bonds is 4. The van der Waals surface area contributed by atoms with Gasteiger partial charge in [0.15, 0.2) is 5.78 Å². The topological polar surface area (TPSA) is 89.9 Å². The van der Waals surface area contributed by atoms with Gasteiger partial charge >= 0.3 is 5.69 Å². The molecule has 0 aliphatic heterocycles. The van der Waals surface area contributed by atoms with E-state index in [1.165, 1.54) is 41.6 Å². The molecule has 0 radical (unpaired) electrons. The van der Waals surface area contributed by atoms with Crippen molar-refractivity contribution in [3.63, 3.8) is 0 Å². The quantitative estimate of drug-likeness (QED) is 0.802. The summed E-state index contributed by atoms with van der Waals surface area (Å²) >= 11 is 0. The van der Waals surface area contributed by atoms with E-state index in [1.807, 2.05) is 19.9 Å². The van der Waals surface area contributed by atoms with Gasteiger partial charge in [-0.3, -0.25) is 13.9 Å². The van der Waals surface area contributed by atoms with Crippen molar-refractivity contribution < 1.29 is 9.53 Å². The second-order valence-corrected chi connectivity index (χ2v) is 5.04. The van der Waals surface area contributed by atoms with E-state index >= 15 is 0 Å². The highest BCUT2D eigenvalue weighted by Crippen LogP contribution is 2.19. The zero-order valence-corrected chi connectivity index (χ0v) is 12.8. The van der Waals surface area contributed by atoms with E-state index in [0.29, 0.717) is 17.3 Å². The second-order valence-electron chi connectivity index (χ2n) is 5.04. The summed E-state index contributed by atoms with van der Waals surface area (Å²) in [5, 5.41) is 8.97. The van der Waals surface area contributed by atoms with Crippen molar-refractivity contribution in [2.45, 2.75) is 26.8 Å². The van der Waals surface area contributed by atoms with Crippen LogP contribution in [0.25, 0.3) is 5.82 Å². The number of hydrogen-bond acceptors (Lipinski definition) is 5. The first-order valence-corrected chi connectivity index (χ1v) is 6.70. The maximum Gasteiger partial charge on any atom is 0.334 e. The molecule has 0 N–H and O–H groups in total. The van der Waals surface area contributed by atoms with Gasteiger partial charge in [0.05, 0.1) is 13.3 Å². The fourth-order valence-electron chi connectivity index (χ4n) is 2.19. The SMILES string of the molecule is COc1cc(-n2cc(C(C)=O)n(C(C)C)c2=O)ncc1C#N. The molecule has 0 spiro atoms. The first-order chi connectivity index (χ1) is 10.4. The standard InChI is InChI=1S/C15H16N4O3/c1-9(2)19-12(10(3)20)8-18(15(19)21)14-5-13(22-4)11(6-16)7-17-14/h5,7-9H,1-4H3. The third-order valence-electron chi connectivity index (χ3n) is 3.24. The molecule has 22 heavy (non-hydrogen) atoms. The number of aromatic nitrogens is 3. The molecule has 0 saturated heterocycles. The molecule has 2 heterocycles. The third-order valence-corrected chi connectivity index (χ3v) is 3.24. The molecule has 114 valence electrons. The Morgan fingerprint density at radius 3 is 2.59 bits per heavy atom. The number of pyridine rings is 1. The van der Waals surface area contributed by atoms with Crippen LogP contribution in [0, 0.1) is 11.3 Å². The van der Waals surface area contributed by atoms with Crippen molar-refractivity contribution in [3.8, 4) is 17.6 Å². The van der Waals surface area contributed by atoms with Crippen molar-refractivity contribution in [1.82, 2.24) is 14.1 Å². The molecule has 0 fully saturated rings. The Kier molecular flexibility index (Phi) is 4.13. The maximum absolute atomic E-state index is 12.5. The van der Waals surface area contributed by atoms with Gasteiger partial charge in [0.25, 0.3) is 0 Å². The molecule has 2 aromatic heterocycles. The highest BCUT2D eigenvalue weighted by molar-refractivity contribution is 5.92. The number of Topliss-reactive ketones (excluding diaryl/α,β-unsaturated/α-hetero) is 1. The Hall–Kier alpha value is -2.88. The number of nitriles is 1. The summed E-state index contributed by atoms with van der Waals surface area (Å²) in [6, 6.07) is 3.29. The molecule has 7 nitrogen and oxygen atoms in total. The summed E-state index contributed by atoms with van der Waals surface area (Å²) in [6.07, 6.45) is 2.79. The summed E-state index contributed by atoms with van der Waals surface area (Å²) in [5.41, 5.74) is 0.221. The lowest BCUT2D eigenvalue weighted by Gasteiger charge is -2.08. The van der Waals surface area contributed by atoms with Crippen molar-refractivity contribution in [1.29, 1.82) is 5.26 Å². The lowest BCUT2D eigenvalue weighted by molar-refractivity contribution is 0.100. The number of carbonyl (C=O) groups is 1. The average Bonchev–Trinajstić information content (AvgIpc) is 2.84. The lowest BCUT2D eigenvalue weighted by atomic mass is 10.3. The Bertz CT molecular complexity index is 824. The average molecular weight is 300 g/mol. The fourth-order valence-corrected chi connectivity index (χ4v) is 2.19. The van der Waals surface area contributed by atoms with E-state index in [4.69, 9.17) is 10.00 Å². The van der Waals surface area contributed by atoms with Crippen LogP contribution in [0.4, 0.5) is 0 Å². The van der Waals surface area contributed by atoms with Crippen LogP contribution in [0.2, 0.25) is 0 Å². The molecule has 0 atom stereocenters. The van der Waals surface area contributed by atoms with Crippen molar-refractivity contribution >= 4 is 5.78 Å². The van der Waals surface area contributed by atoms with E-state index < -0.39 is 0 Å². The number of nitrogens with zero attached hydrogens (tertiary/aromatic N) is 4. The van der Waals surface area contributed by atoms with Gasteiger partial charge in [0.1, 0.15) is 28.9 Å². The van der Waals surface area contributed by atoms with Crippen LogP contribution in [0.5, 0.6) is 5.75 Å². The Morgan fingerprint density at radius 2 is 2.14 bits per heavy atom. The zero-order chi connectivity index (χ0) is 16.4. The molecule has 0 amide bonds. The van der Waals surface area contributed by atoms with Gasteiger partial charge in [0, 0.05) is 25.2 Å². The van der Waals surface area contributed by atoms with E-state index in [9.17, 15) is 9.59 Å². The second kappa shape index (κ2) is 5.85. The number of carbonyl (C=O) groups excluding carboxylic acids is 1. The summed E-state index contributed by atoms with van der Waals surface area (Å²) < 4.78 is 7.81. The fraction of sp³-hybridized carbons (Fsp3) is 0.333. The monoisotopic (exact) mass is 300 g/mol. The van der Waals surface area contributed by atoms with Gasteiger partial charge < -0.3 is 4.74 Å². The normalized spacial score (nSPS) is 10.5. The summed E-state index contributed by atoms with van der Waals surface area (Å²) in [4.78, 5) is 28.3. The highest BCUT2D eigenvalue weighted by Gasteiger charge is 2.19. The molecule has 0 saturated carbocycles. The zero-order valence-electron chi connectivity index (χ0n) is 12.8. The van der Waals surface area contributed by atoms with Crippen LogP contribution < -0.4 is 10.4 Å². The minimum Gasteiger partial charge on any atom is -0.495 e. The third kappa shape index (κ3) is 2.51. The van der Waals surface area contributed by atoms with E-state index in [1.54, 1.807) is 0 Å². The van der Waals surface area contributed by atoms with Crippen LogP contribution in [-0.2, 0) is 0 Å². The summed E-state index contributed by atoms with van der Waals surface area (Å²) in [5.74, 6) is 0.411. The minimum absolute atomic E-state index is 0.159. The molecule has 2 aromatic rings. The lowest BCUT2D eigenvalue weighted by Crippen LogP contribution is -2.26. The van der Waals surface area contributed by atoms with Crippen molar-refractivity contribution in [2.24, 2.45) is 0 Å². The van der Waals surface area contributed by atoms with Crippen LogP contribution in [0.15, 0.2) is 23.3 Å². The molecule has 0 bridgehead atoms. The van der Waals surface area contributed by atoms with Crippen LogP contribution in [0.3, 0.4) is 0 Å². The van der Waals surface area contributed by atoms with Gasteiger partial charge in [-0.2, -0.15) is 5.26 Å². The predicted octanol–water partition coefficient (Wildman–Crippen LogP) is 1.70. The molecular weight excluding hydrogens is 284 g/mol. The van der Waals surface area contributed by atoms with E-state index in [2.05, 4.69) is 4.98 Å². The Balaban J connectivity index is 2.69. The molecule has 2 rings (SSSR count). The van der Waals surface area contributed by atoms with Gasteiger partial charge in [0.2, 0.25) is 0 Å². The molecule has 7 heteroatoms. The van der Waals surface area contributed by atoms with E-state index in [0.717, 1.165) is 0 Å². The first kappa shape index (κ1) is 15.5. The van der Waals surface area contributed by atoms with Gasteiger partial charge in [-0.1, -0.05) is 0 Å². The van der Waals surface area contributed by atoms with Gasteiger partial charge in [-0.25, -0.2) is 9.78 Å². The highest BCUT2D eigenvalue weighted by atomic mass is 16.5. The smallest absolute Gasteiger partial charge is 0.334 e. The number of imidazole rings is 1. The first-order valence-electron chi connectivity index (χ1n) is 6.70. The van der Waals surface area contributed by atoms with Gasteiger partial charge in [-0.05, 0) is 13.8 Å². The summed E-state index contributed by atoms with van der Waals surface area (Å²) in [6.45, 7) is 5.06. The predicted molar refractivity (Wildman–Crippen MR) is 79.5 cm³/mol. The van der Waals surface area contributed by atoms with Crippen LogP contribution >= 0.6 is 0 Å². The number of methoxy groups -OCH3 is 1. The molecule has 0 aliphatic carbocycles. The molecule has 0 aliphatic rings. The van der Waals surface area contributed by atoms with Gasteiger partial charge in [-0.15, -0.1) is 0 Å². The Labute approximate surface area is 127 Å². The number of hydrogen-bond donors (Lipinski definition) is 0. The van der Waals surface area contributed by atoms with E-state index in [-0.39, 0.29) is 23.1 Å². The van der Waals surface area contributed by atoms with Crippen molar-refractivity contribution in [2.75, 3.05) is 7.11 Å². The molecular formula is C15H16N4O3. The largest absolute Gasteiger partial charge is 0.495 e. The van der Waals surface area contributed by atoms with Crippen molar-refractivity contribution in [3.05, 3.63) is 40.2 Å². The molecule has 0 unspecified atom stereocenters. The van der Waals surface area contributed by atoms with Crippen LogP contribution in [-0.4, -0.2) is 27.0 Å².